The highest BCUT2D eigenvalue weighted by Crippen LogP contribution is 2.24. The summed E-state index contributed by atoms with van der Waals surface area (Å²) < 4.78 is 38.4. The molecule has 0 unspecified atom stereocenters. The Labute approximate surface area is 157 Å². The predicted octanol–water partition coefficient (Wildman–Crippen LogP) is 3.84. The van der Waals surface area contributed by atoms with Crippen molar-refractivity contribution in [3.8, 4) is 0 Å². The van der Waals surface area contributed by atoms with Crippen LogP contribution in [0.4, 0.5) is 15.8 Å². The smallest absolute Gasteiger partial charge is 0.232 e. The van der Waals surface area contributed by atoms with Crippen LogP contribution in [0.15, 0.2) is 42.5 Å². The van der Waals surface area contributed by atoms with Gasteiger partial charge in [-0.05, 0) is 42.3 Å². The summed E-state index contributed by atoms with van der Waals surface area (Å²) in [5.74, 6) is -0.965. The molecule has 0 bridgehead atoms. The van der Waals surface area contributed by atoms with E-state index in [2.05, 4.69) is 5.32 Å². The van der Waals surface area contributed by atoms with E-state index in [0.29, 0.717) is 5.69 Å². The van der Waals surface area contributed by atoms with Crippen molar-refractivity contribution in [3.05, 3.63) is 58.9 Å². The van der Waals surface area contributed by atoms with E-state index < -0.39 is 15.8 Å². The largest absolute Gasteiger partial charge is 0.326 e. The summed E-state index contributed by atoms with van der Waals surface area (Å²) in [7, 11) is -3.65. The highest BCUT2D eigenvalue weighted by atomic mass is 35.5. The van der Waals surface area contributed by atoms with Gasteiger partial charge in [-0.2, -0.15) is 0 Å². The molecule has 2 rings (SSSR count). The topological polar surface area (TPSA) is 66.5 Å². The van der Waals surface area contributed by atoms with E-state index in [-0.39, 0.29) is 29.6 Å². The first-order valence-electron chi connectivity index (χ1n) is 8.02. The Morgan fingerprint density at radius 3 is 2.38 bits per heavy atom. The second kappa shape index (κ2) is 8.51. The van der Waals surface area contributed by atoms with Crippen LogP contribution in [0.5, 0.6) is 0 Å². The van der Waals surface area contributed by atoms with Crippen LogP contribution in [0.2, 0.25) is 5.02 Å². The number of carbonyl (C=O) groups excluding carboxylic acids is 1. The predicted molar refractivity (Wildman–Crippen MR) is 103 cm³/mol. The maximum absolute atomic E-state index is 13.3. The van der Waals surface area contributed by atoms with E-state index in [1.165, 1.54) is 12.1 Å². The molecule has 1 N–H and O–H groups in total. The van der Waals surface area contributed by atoms with Gasteiger partial charge in [0.2, 0.25) is 15.9 Å². The van der Waals surface area contributed by atoms with Crippen molar-refractivity contribution in [3.63, 3.8) is 0 Å². The van der Waals surface area contributed by atoms with Crippen LogP contribution < -0.4 is 9.62 Å². The molecule has 0 aliphatic rings. The Kier molecular flexibility index (Phi) is 6.61. The molecule has 0 aromatic heterocycles. The van der Waals surface area contributed by atoms with E-state index in [4.69, 9.17) is 11.6 Å². The van der Waals surface area contributed by atoms with Gasteiger partial charge in [0, 0.05) is 18.7 Å². The van der Waals surface area contributed by atoms with Gasteiger partial charge in [0.25, 0.3) is 0 Å². The van der Waals surface area contributed by atoms with Gasteiger partial charge in [-0.15, -0.1) is 0 Å². The molecule has 0 radical (unpaired) electrons. The van der Waals surface area contributed by atoms with Gasteiger partial charge >= 0.3 is 0 Å². The van der Waals surface area contributed by atoms with Crippen molar-refractivity contribution < 1.29 is 17.6 Å². The van der Waals surface area contributed by atoms with Gasteiger partial charge in [0.05, 0.1) is 17.0 Å². The summed E-state index contributed by atoms with van der Waals surface area (Å²) in [4.78, 5) is 12.1. The number of halogens is 2. The third-order valence-electron chi connectivity index (χ3n) is 3.78. The molecule has 0 aliphatic carbocycles. The Morgan fingerprint density at radius 1 is 1.19 bits per heavy atom. The zero-order valence-corrected chi connectivity index (χ0v) is 16.1. The first kappa shape index (κ1) is 20.2. The lowest BCUT2D eigenvalue weighted by Crippen LogP contribution is -2.33. The first-order valence-corrected chi connectivity index (χ1v) is 10.2. The van der Waals surface area contributed by atoms with E-state index >= 15 is 0 Å². The van der Waals surface area contributed by atoms with Gasteiger partial charge in [-0.1, -0.05) is 30.7 Å². The highest BCUT2D eigenvalue weighted by molar-refractivity contribution is 7.92. The average Bonchev–Trinajstić information content (AvgIpc) is 2.57. The number of amides is 1. The second-order valence-corrected chi connectivity index (χ2v) is 8.10. The number of sulfonamides is 1. The zero-order chi connectivity index (χ0) is 19.3. The number of nitrogens with one attached hydrogen (secondary N) is 1. The van der Waals surface area contributed by atoms with Crippen LogP contribution in [-0.2, 0) is 21.2 Å². The van der Waals surface area contributed by atoms with Crippen molar-refractivity contribution >= 4 is 38.9 Å². The number of hydrogen-bond donors (Lipinski definition) is 1. The molecular formula is C18H20ClFN2O3S. The van der Waals surface area contributed by atoms with E-state index in [1.54, 1.807) is 12.1 Å². The molecule has 0 spiro atoms. The molecule has 8 heteroatoms. The van der Waals surface area contributed by atoms with Crippen LogP contribution in [0.1, 0.15) is 18.9 Å². The number of aryl methyl sites for hydroxylation is 1. The molecule has 0 saturated heterocycles. The van der Waals surface area contributed by atoms with Gasteiger partial charge in [-0.25, -0.2) is 12.8 Å². The van der Waals surface area contributed by atoms with Crippen LogP contribution >= 0.6 is 11.6 Å². The van der Waals surface area contributed by atoms with Crippen molar-refractivity contribution in [2.24, 2.45) is 0 Å². The molecule has 1 amide bonds. The van der Waals surface area contributed by atoms with Gasteiger partial charge < -0.3 is 5.32 Å². The summed E-state index contributed by atoms with van der Waals surface area (Å²) in [6.07, 6.45) is 1.86. The maximum atomic E-state index is 13.3. The van der Waals surface area contributed by atoms with Gasteiger partial charge in [-0.3, -0.25) is 9.10 Å². The van der Waals surface area contributed by atoms with E-state index in [1.807, 2.05) is 19.1 Å². The fourth-order valence-electron chi connectivity index (χ4n) is 2.38. The third kappa shape index (κ3) is 5.44. The molecule has 0 atom stereocenters. The standard InChI is InChI=1S/C18H20ClFN2O3S/c1-3-13-4-6-14(7-5-13)21-18(23)10-11-22(26(2,24)25)15-8-9-17(20)16(19)12-15/h4-9,12H,3,10-11H2,1-2H3,(H,21,23). The Bertz CT molecular complexity index is 886. The minimum Gasteiger partial charge on any atom is -0.326 e. The first-order chi connectivity index (χ1) is 12.2. The van der Waals surface area contributed by atoms with Crippen molar-refractivity contribution in [2.45, 2.75) is 19.8 Å². The summed E-state index contributed by atoms with van der Waals surface area (Å²) in [5.41, 5.74) is 2.00. The molecule has 26 heavy (non-hydrogen) atoms. The average molecular weight is 399 g/mol. The van der Waals surface area contributed by atoms with Crippen LogP contribution in [0, 0.1) is 5.82 Å². The number of benzene rings is 2. The minimum absolute atomic E-state index is 0.0579. The van der Waals surface area contributed by atoms with Crippen molar-refractivity contribution in [2.75, 3.05) is 22.4 Å². The molecule has 0 saturated carbocycles. The summed E-state index contributed by atoms with van der Waals surface area (Å²) in [6, 6.07) is 11.0. The molecule has 5 nitrogen and oxygen atoms in total. The fourth-order valence-corrected chi connectivity index (χ4v) is 3.47. The minimum atomic E-state index is -3.65. The van der Waals surface area contributed by atoms with Gasteiger partial charge in [0.1, 0.15) is 5.82 Å². The normalized spacial score (nSPS) is 11.2. The van der Waals surface area contributed by atoms with Crippen molar-refractivity contribution in [1.29, 1.82) is 0 Å². The second-order valence-electron chi connectivity index (χ2n) is 5.78. The monoisotopic (exact) mass is 398 g/mol. The fraction of sp³-hybridized carbons (Fsp3) is 0.278. The van der Waals surface area contributed by atoms with Gasteiger partial charge in [0.15, 0.2) is 0 Å². The lowest BCUT2D eigenvalue weighted by molar-refractivity contribution is -0.116. The summed E-state index contributed by atoms with van der Waals surface area (Å²) in [5, 5.41) is 2.54. The lowest BCUT2D eigenvalue weighted by Gasteiger charge is -2.22. The number of carbonyl (C=O) groups is 1. The Balaban J connectivity index is 2.06. The van der Waals surface area contributed by atoms with Crippen molar-refractivity contribution in [1.82, 2.24) is 0 Å². The molecular weight excluding hydrogens is 379 g/mol. The SMILES string of the molecule is CCc1ccc(NC(=O)CCN(c2ccc(F)c(Cl)c2)S(C)(=O)=O)cc1. The third-order valence-corrected chi connectivity index (χ3v) is 5.26. The highest BCUT2D eigenvalue weighted by Gasteiger charge is 2.19. The van der Waals surface area contributed by atoms with E-state index in [9.17, 15) is 17.6 Å². The number of hydrogen-bond acceptors (Lipinski definition) is 3. The van der Waals surface area contributed by atoms with Crippen LogP contribution in [0.3, 0.4) is 0 Å². The maximum Gasteiger partial charge on any atom is 0.232 e. The van der Waals surface area contributed by atoms with Crippen LogP contribution in [-0.4, -0.2) is 27.1 Å². The Hall–Kier alpha value is -2.12. The molecule has 140 valence electrons. The Morgan fingerprint density at radius 2 is 1.85 bits per heavy atom. The molecule has 2 aromatic rings. The number of rotatable bonds is 7. The number of anilines is 2. The molecule has 0 aliphatic heterocycles. The molecule has 2 aromatic carbocycles. The summed E-state index contributed by atoms with van der Waals surface area (Å²) in [6.45, 7) is 1.95. The zero-order valence-electron chi connectivity index (χ0n) is 14.5. The summed E-state index contributed by atoms with van der Waals surface area (Å²) >= 11 is 5.73. The quantitative estimate of drug-likeness (QED) is 0.770. The van der Waals surface area contributed by atoms with Crippen LogP contribution in [0.25, 0.3) is 0 Å². The molecule has 0 heterocycles. The number of nitrogens with zero attached hydrogens (tertiary/aromatic N) is 1. The molecule has 0 fully saturated rings. The lowest BCUT2D eigenvalue weighted by atomic mass is 10.1. The van der Waals surface area contributed by atoms with E-state index in [0.717, 1.165) is 28.6 Å².